The Kier molecular flexibility index (Phi) is 3.43. The molecule has 0 aliphatic heterocycles. The number of thiophene rings is 1. The highest BCUT2D eigenvalue weighted by molar-refractivity contribution is 7.10. The maximum absolute atomic E-state index is 5.50. The highest BCUT2D eigenvalue weighted by Gasteiger charge is 2.22. The average Bonchev–Trinajstić information content (AvgIpc) is 3.13. The van der Waals surface area contributed by atoms with E-state index in [1.165, 1.54) is 4.88 Å². The van der Waals surface area contributed by atoms with Crippen molar-refractivity contribution < 1.29 is 4.52 Å². The van der Waals surface area contributed by atoms with Crippen LogP contribution in [0.3, 0.4) is 0 Å². The molecule has 0 spiro atoms. The fourth-order valence-corrected chi connectivity index (χ4v) is 2.81. The second kappa shape index (κ2) is 5.38. The monoisotopic (exact) mass is 274 g/mol. The Morgan fingerprint density at radius 3 is 2.84 bits per heavy atom. The predicted molar refractivity (Wildman–Crippen MR) is 73.0 cm³/mol. The van der Waals surface area contributed by atoms with Crippen molar-refractivity contribution >= 4 is 11.3 Å². The van der Waals surface area contributed by atoms with Gasteiger partial charge in [0.1, 0.15) is 6.04 Å². The van der Waals surface area contributed by atoms with Crippen LogP contribution in [-0.4, -0.2) is 21.3 Å². The summed E-state index contributed by atoms with van der Waals surface area (Å²) in [5.74, 6) is 1.26. The van der Waals surface area contributed by atoms with Crippen molar-refractivity contribution in [2.24, 2.45) is 5.73 Å². The normalized spacial score (nSPS) is 12.7. The number of hydrogen-bond donors (Lipinski definition) is 1. The molecule has 3 aromatic rings. The summed E-state index contributed by atoms with van der Waals surface area (Å²) in [7, 11) is 0. The molecule has 0 aliphatic carbocycles. The van der Waals surface area contributed by atoms with Crippen LogP contribution in [0.25, 0.3) is 0 Å². The summed E-state index contributed by atoms with van der Waals surface area (Å²) in [6.45, 7) is 0.509. The Bertz CT molecular complexity index is 581. The Morgan fingerprint density at radius 2 is 2.16 bits per heavy atom. The first-order valence-electron chi connectivity index (χ1n) is 6.07. The molecule has 0 amide bonds. The lowest BCUT2D eigenvalue weighted by atomic mass is 10.2. The van der Waals surface area contributed by atoms with E-state index in [0.717, 1.165) is 0 Å². The summed E-state index contributed by atoms with van der Waals surface area (Å²) in [4.78, 5) is 5.62. The van der Waals surface area contributed by atoms with Gasteiger partial charge in [-0.2, -0.15) is 4.98 Å². The van der Waals surface area contributed by atoms with E-state index in [-0.39, 0.29) is 6.04 Å². The minimum Gasteiger partial charge on any atom is -0.339 e. The van der Waals surface area contributed by atoms with Gasteiger partial charge in [-0.1, -0.05) is 11.2 Å². The van der Waals surface area contributed by atoms with Crippen molar-refractivity contribution in [1.82, 2.24) is 14.7 Å². The second-order valence-electron chi connectivity index (χ2n) is 4.13. The zero-order chi connectivity index (χ0) is 13.1. The average molecular weight is 274 g/mol. The lowest BCUT2D eigenvalue weighted by Gasteiger charge is -2.13. The van der Waals surface area contributed by atoms with Gasteiger partial charge < -0.3 is 14.8 Å². The standard InChI is InChI=1S/C13H14N4OS/c14-6-5-11-15-13(16-18-11)12(10-4-3-9-19-10)17-7-1-2-8-17/h1-4,7-9,12H,5-6,14H2. The van der Waals surface area contributed by atoms with Crippen molar-refractivity contribution in [3.63, 3.8) is 0 Å². The molecule has 19 heavy (non-hydrogen) atoms. The van der Waals surface area contributed by atoms with E-state index in [4.69, 9.17) is 10.3 Å². The van der Waals surface area contributed by atoms with Crippen molar-refractivity contribution in [3.8, 4) is 0 Å². The van der Waals surface area contributed by atoms with Gasteiger partial charge in [0.25, 0.3) is 0 Å². The van der Waals surface area contributed by atoms with Crippen LogP contribution >= 0.6 is 11.3 Å². The van der Waals surface area contributed by atoms with E-state index >= 15 is 0 Å². The number of hydrogen-bond acceptors (Lipinski definition) is 5. The van der Waals surface area contributed by atoms with Gasteiger partial charge in [0.15, 0.2) is 5.82 Å². The molecule has 98 valence electrons. The van der Waals surface area contributed by atoms with Crippen LogP contribution in [0.5, 0.6) is 0 Å². The Labute approximate surface area is 114 Å². The Balaban J connectivity index is 1.99. The molecule has 2 N–H and O–H groups in total. The van der Waals surface area contributed by atoms with E-state index < -0.39 is 0 Å². The third-order valence-corrected chi connectivity index (χ3v) is 3.75. The first-order valence-corrected chi connectivity index (χ1v) is 6.95. The van der Waals surface area contributed by atoms with Gasteiger partial charge in [0.05, 0.1) is 0 Å². The maximum Gasteiger partial charge on any atom is 0.228 e. The molecular formula is C13H14N4OS. The van der Waals surface area contributed by atoms with Gasteiger partial charge in [0, 0.05) is 30.2 Å². The fourth-order valence-electron chi connectivity index (χ4n) is 1.98. The molecule has 1 atom stereocenters. The molecule has 3 rings (SSSR count). The Hall–Kier alpha value is -1.92. The van der Waals surface area contributed by atoms with Crippen LogP contribution in [0.4, 0.5) is 0 Å². The molecule has 3 aromatic heterocycles. The van der Waals surface area contributed by atoms with E-state index in [9.17, 15) is 0 Å². The molecule has 0 bridgehead atoms. The molecule has 0 radical (unpaired) electrons. The van der Waals surface area contributed by atoms with Crippen molar-refractivity contribution in [3.05, 3.63) is 58.6 Å². The molecule has 6 heteroatoms. The quantitative estimate of drug-likeness (QED) is 0.773. The number of nitrogens with two attached hydrogens (primary N) is 1. The van der Waals surface area contributed by atoms with Gasteiger partial charge >= 0.3 is 0 Å². The van der Waals surface area contributed by atoms with Crippen LogP contribution in [0.2, 0.25) is 0 Å². The minimum atomic E-state index is -0.0368. The largest absolute Gasteiger partial charge is 0.339 e. The highest BCUT2D eigenvalue weighted by atomic mass is 32.1. The first kappa shape index (κ1) is 12.1. The maximum atomic E-state index is 5.50. The molecule has 0 saturated carbocycles. The molecule has 0 fully saturated rings. The smallest absolute Gasteiger partial charge is 0.228 e. The highest BCUT2D eigenvalue weighted by Crippen LogP contribution is 2.28. The van der Waals surface area contributed by atoms with Crippen LogP contribution in [0, 0.1) is 0 Å². The summed E-state index contributed by atoms with van der Waals surface area (Å²) >= 11 is 1.68. The summed E-state index contributed by atoms with van der Waals surface area (Å²) in [6.07, 6.45) is 4.61. The van der Waals surface area contributed by atoms with Gasteiger partial charge in [0.2, 0.25) is 5.89 Å². The fraction of sp³-hybridized carbons (Fsp3) is 0.231. The van der Waals surface area contributed by atoms with E-state index in [1.807, 2.05) is 36.0 Å². The summed E-state index contributed by atoms with van der Waals surface area (Å²) in [5.41, 5.74) is 5.50. The predicted octanol–water partition coefficient (Wildman–Crippen LogP) is 2.07. The van der Waals surface area contributed by atoms with Crippen LogP contribution in [0.15, 0.2) is 46.6 Å². The van der Waals surface area contributed by atoms with Crippen molar-refractivity contribution in [1.29, 1.82) is 0 Å². The topological polar surface area (TPSA) is 69.9 Å². The molecule has 5 nitrogen and oxygen atoms in total. The van der Waals surface area contributed by atoms with Gasteiger partial charge in [-0.3, -0.25) is 0 Å². The molecule has 1 unspecified atom stereocenters. The summed E-state index contributed by atoms with van der Waals surface area (Å²) in [5, 5.41) is 6.14. The second-order valence-corrected chi connectivity index (χ2v) is 5.11. The third-order valence-electron chi connectivity index (χ3n) is 2.82. The minimum absolute atomic E-state index is 0.0368. The summed E-state index contributed by atoms with van der Waals surface area (Å²) in [6, 6.07) is 8.04. The lowest BCUT2D eigenvalue weighted by molar-refractivity contribution is 0.371. The van der Waals surface area contributed by atoms with Crippen molar-refractivity contribution in [2.75, 3.05) is 6.54 Å². The molecule has 0 saturated heterocycles. The number of rotatable bonds is 5. The van der Waals surface area contributed by atoms with E-state index in [2.05, 4.69) is 20.8 Å². The Morgan fingerprint density at radius 1 is 1.32 bits per heavy atom. The zero-order valence-electron chi connectivity index (χ0n) is 10.3. The summed E-state index contributed by atoms with van der Waals surface area (Å²) < 4.78 is 7.30. The molecular weight excluding hydrogens is 260 g/mol. The van der Waals surface area contributed by atoms with Crippen molar-refractivity contribution in [2.45, 2.75) is 12.5 Å². The van der Waals surface area contributed by atoms with Crippen LogP contribution in [0.1, 0.15) is 22.6 Å². The number of nitrogens with zero attached hydrogens (tertiary/aromatic N) is 3. The molecule has 3 heterocycles. The van der Waals surface area contributed by atoms with Crippen LogP contribution in [-0.2, 0) is 6.42 Å². The lowest BCUT2D eigenvalue weighted by Crippen LogP contribution is -2.11. The molecule has 0 aromatic carbocycles. The zero-order valence-corrected chi connectivity index (χ0v) is 11.1. The van der Waals surface area contributed by atoms with Gasteiger partial charge in [-0.15, -0.1) is 11.3 Å². The molecule has 0 aliphatic rings. The van der Waals surface area contributed by atoms with Gasteiger partial charge in [-0.05, 0) is 23.6 Å². The van der Waals surface area contributed by atoms with E-state index in [0.29, 0.717) is 24.7 Å². The SMILES string of the molecule is NCCc1nc(C(c2cccs2)n2cccc2)no1. The third kappa shape index (κ3) is 2.45. The van der Waals surface area contributed by atoms with Crippen LogP contribution < -0.4 is 5.73 Å². The first-order chi connectivity index (χ1) is 9.38. The van der Waals surface area contributed by atoms with E-state index in [1.54, 1.807) is 11.3 Å². The number of aromatic nitrogens is 3. The van der Waals surface area contributed by atoms with Gasteiger partial charge in [-0.25, -0.2) is 0 Å².